The summed E-state index contributed by atoms with van der Waals surface area (Å²) in [5.74, 6) is 0. The molecule has 6 heterocycles. The molecule has 0 aromatic carbocycles. The molecule has 1 aliphatic heterocycles. The molecule has 0 amide bonds. The first-order valence-electron chi connectivity index (χ1n) is 11.8. The normalized spacial score (nSPS) is 14.1. The van der Waals surface area contributed by atoms with Gasteiger partial charge in [0.2, 0.25) is 0 Å². The summed E-state index contributed by atoms with van der Waals surface area (Å²) in [5, 5.41) is 6.54. The van der Waals surface area contributed by atoms with Gasteiger partial charge >= 0.3 is 37.7 Å². The summed E-state index contributed by atoms with van der Waals surface area (Å²) in [6.45, 7) is 2.16. The maximum atomic E-state index is 3.27. The largest absolute Gasteiger partial charge is 1.00 e. The predicted octanol–water partition coefficient (Wildman–Crippen LogP) is 3.10. The fraction of sp³-hybridized carbons (Fsp3) is 0.286. The third kappa shape index (κ3) is 5.58. The van der Waals surface area contributed by atoms with Crippen LogP contribution in [0.3, 0.4) is 0 Å². The molecular weight excluding hydrogens is 474 g/mol. The molecule has 1 aliphatic rings. The van der Waals surface area contributed by atoms with Crippen molar-refractivity contribution >= 4 is 34.0 Å². The number of nitrogens with zero attached hydrogens (tertiary/aromatic N) is 2. The van der Waals surface area contributed by atoms with E-state index < -0.39 is 0 Å². The molecule has 0 saturated heterocycles. The minimum atomic E-state index is 0. The number of fused-ring (bicyclic) bond motifs is 6. The Morgan fingerprint density at radius 3 is 1.29 bits per heavy atom. The summed E-state index contributed by atoms with van der Waals surface area (Å²) in [5.41, 5.74) is 5.34. The Morgan fingerprint density at radius 1 is 0.486 bits per heavy atom. The minimum Gasteiger partial charge on any atom is -0.351 e. The SMILES string of the molecule is [Li+].[Li+].[c-]1ccc(-c2ccc3n2CCCCCCCCn2c(-c4cc[c-]s4)ccc2-c2ccc-3s2)s1. The third-order valence-corrected chi connectivity index (χ3v) is 9.30. The van der Waals surface area contributed by atoms with Crippen LogP contribution in [0.1, 0.15) is 38.5 Å². The van der Waals surface area contributed by atoms with Crippen molar-refractivity contribution in [1.29, 1.82) is 0 Å². The van der Waals surface area contributed by atoms with Crippen molar-refractivity contribution < 1.29 is 37.7 Å². The molecular formula is C28H26Li2N2S3. The van der Waals surface area contributed by atoms with E-state index in [1.54, 1.807) is 22.7 Å². The number of hydrogen-bond acceptors (Lipinski definition) is 3. The molecule has 5 aromatic heterocycles. The third-order valence-electron chi connectivity index (χ3n) is 6.53. The predicted molar refractivity (Wildman–Crippen MR) is 143 cm³/mol. The van der Waals surface area contributed by atoms with Crippen LogP contribution in [0.15, 0.2) is 60.7 Å². The minimum absolute atomic E-state index is 0. The zero-order chi connectivity index (χ0) is 22.0. The second-order valence-electron chi connectivity index (χ2n) is 8.63. The molecule has 6 rings (SSSR count). The Bertz CT molecular complexity index is 1230. The molecule has 0 aliphatic carbocycles. The van der Waals surface area contributed by atoms with E-state index in [2.05, 4.69) is 68.4 Å². The van der Waals surface area contributed by atoms with Gasteiger partial charge < -0.3 is 9.13 Å². The van der Waals surface area contributed by atoms with E-state index in [1.165, 1.54) is 80.8 Å². The van der Waals surface area contributed by atoms with Crippen LogP contribution < -0.4 is 37.7 Å². The van der Waals surface area contributed by atoms with Gasteiger partial charge in [0.15, 0.2) is 0 Å². The summed E-state index contributed by atoms with van der Waals surface area (Å²) in [6.07, 6.45) is 7.73. The van der Waals surface area contributed by atoms with Crippen molar-refractivity contribution in [3.63, 3.8) is 0 Å². The molecule has 35 heavy (non-hydrogen) atoms. The fourth-order valence-corrected chi connectivity index (χ4v) is 7.33. The van der Waals surface area contributed by atoms with Gasteiger partial charge in [0.05, 0.1) is 21.1 Å². The fourth-order valence-electron chi connectivity index (χ4n) is 4.90. The van der Waals surface area contributed by atoms with Crippen LogP contribution in [0.2, 0.25) is 0 Å². The van der Waals surface area contributed by atoms with E-state index in [1.807, 2.05) is 23.5 Å². The first kappa shape index (κ1) is 26.9. The van der Waals surface area contributed by atoms with E-state index >= 15 is 0 Å². The molecule has 2 nitrogen and oxygen atoms in total. The van der Waals surface area contributed by atoms with Crippen molar-refractivity contribution in [2.24, 2.45) is 0 Å². The van der Waals surface area contributed by atoms with Crippen molar-refractivity contribution in [2.75, 3.05) is 0 Å². The van der Waals surface area contributed by atoms with Gasteiger partial charge in [0.25, 0.3) is 0 Å². The molecule has 0 N–H and O–H groups in total. The van der Waals surface area contributed by atoms with Gasteiger partial charge in [-0.25, -0.2) is 0 Å². The summed E-state index contributed by atoms with van der Waals surface area (Å²) in [7, 11) is 0. The second-order valence-corrected chi connectivity index (χ2v) is 11.5. The number of rotatable bonds is 2. The van der Waals surface area contributed by atoms with Crippen LogP contribution in [0.25, 0.3) is 42.3 Å². The monoisotopic (exact) mass is 500 g/mol. The van der Waals surface area contributed by atoms with Crippen molar-refractivity contribution in [3.8, 4) is 42.3 Å². The Labute approximate surface area is 244 Å². The molecule has 0 atom stereocenters. The van der Waals surface area contributed by atoms with Crippen LogP contribution >= 0.6 is 34.0 Å². The number of thiophene rings is 3. The average molecular weight is 501 g/mol. The van der Waals surface area contributed by atoms with E-state index in [9.17, 15) is 0 Å². The molecule has 0 radical (unpaired) electrons. The number of aromatic nitrogens is 2. The van der Waals surface area contributed by atoms with Gasteiger partial charge in [-0.2, -0.15) is 24.3 Å². The van der Waals surface area contributed by atoms with Gasteiger partial charge in [-0.1, -0.05) is 25.7 Å². The van der Waals surface area contributed by atoms with Crippen LogP contribution in [-0.4, -0.2) is 9.13 Å². The van der Waals surface area contributed by atoms with Crippen molar-refractivity contribution in [2.45, 2.75) is 51.6 Å². The first-order chi connectivity index (χ1) is 16.4. The van der Waals surface area contributed by atoms with Crippen molar-refractivity contribution in [3.05, 3.63) is 71.4 Å². The standard InChI is InChI=1S/C28H26N2S3.2Li/c1-2-4-6-18-30-22(26-10-8-20-32-26)12-14-24(30)28-16-15-27(33-28)23-13-11-21(25-9-7-19-31-25)29(23)17-5-3-1;;/h7-16H,1-6,17-18H2;;/q-2;2*+1. The van der Waals surface area contributed by atoms with E-state index in [4.69, 9.17) is 0 Å². The summed E-state index contributed by atoms with van der Waals surface area (Å²) in [6, 6.07) is 22.3. The van der Waals surface area contributed by atoms with Gasteiger partial charge in [-0.15, -0.1) is 31.9 Å². The topological polar surface area (TPSA) is 9.86 Å². The second kappa shape index (κ2) is 12.4. The quantitative estimate of drug-likeness (QED) is 0.261. The van der Waals surface area contributed by atoms with Gasteiger partial charge in [0, 0.05) is 13.1 Å². The molecule has 2 bridgehead atoms. The van der Waals surface area contributed by atoms with Gasteiger partial charge in [-0.3, -0.25) is 22.7 Å². The van der Waals surface area contributed by atoms with E-state index in [-0.39, 0.29) is 37.7 Å². The zero-order valence-corrected chi connectivity index (χ0v) is 23.0. The first-order valence-corrected chi connectivity index (χ1v) is 14.3. The summed E-state index contributed by atoms with van der Waals surface area (Å²) >= 11 is 5.35. The van der Waals surface area contributed by atoms with E-state index in [0.717, 1.165) is 13.1 Å². The van der Waals surface area contributed by atoms with Crippen LogP contribution in [0.5, 0.6) is 0 Å². The summed E-state index contributed by atoms with van der Waals surface area (Å²) in [4.78, 5) is 5.32. The van der Waals surface area contributed by atoms with E-state index in [0.29, 0.717) is 0 Å². The molecule has 168 valence electrons. The summed E-state index contributed by atoms with van der Waals surface area (Å²) < 4.78 is 5.09. The van der Waals surface area contributed by atoms with Crippen LogP contribution in [0, 0.1) is 10.8 Å². The Balaban J connectivity index is 0.00000144. The Kier molecular flexibility index (Phi) is 9.53. The zero-order valence-electron chi connectivity index (χ0n) is 20.5. The van der Waals surface area contributed by atoms with Crippen LogP contribution in [-0.2, 0) is 13.1 Å². The molecule has 5 aromatic rings. The Hall–Kier alpha value is -1.15. The molecule has 0 unspecified atom stereocenters. The number of hydrogen-bond donors (Lipinski definition) is 0. The molecule has 0 saturated carbocycles. The average Bonchev–Trinajstić information content (AvgIpc) is 3.64. The van der Waals surface area contributed by atoms with Gasteiger partial charge in [0.1, 0.15) is 0 Å². The smallest absolute Gasteiger partial charge is 0.351 e. The van der Waals surface area contributed by atoms with Crippen molar-refractivity contribution in [1.82, 2.24) is 9.13 Å². The van der Waals surface area contributed by atoms with Crippen LogP contribution in [0.4, 0.5) is 0 Å². The Morgan fingerprint density at radius 2 is 0.886 bits per heavy atom. The molecule has 0 spiro atoms. The maximum absolute atomic E-state index is 3.27. The molecule has 0 fully saturated rings. The van der Waals surface area contributed by atoms with Gasteiger partial charge in [-0.05, 0) is 60.6 Å². The molecule has 7 heteroatoms. The maximum Gasteiger partial charge on any atom is 1.00 e.